The molecule has 1 aliphatic rings. The van der Waals surface area contributed by atoms with Gasteiger partial charge in [0.05, 0.1) is 13.2 Å². The van der Waals surface area contributed by atoms with E-state index in [0.717, 1.165) is 51.3 Å². The molecule has 0 aliphatic carbocycles. The van der Waals surface area contributed by atoms with E-state index in [1.165, 1.54) is 11.1 Å². The topological polar surface area (TPSA) is 41.6 Å². The summed E-state index contributed by atoms with van der Waals surface area (Å²) in [5.41, 5.74) is 3.22. The maximum Gasteiger partial charge on any atom is 0.251 e. The van der Waals surface area contributed by atoms with Gasteiger partial charge in [-0.3, -0.25) is 9.69 Å². The van der Waals surface area contributed by atoms with Crippen LogP contribution in [0.4, 0.5) is 0 Å². The van der Waals surface area contributed by atoms with Crippen LogP contribution in [0, 0.1) is 0 Å². The Labute approximate surface area is 156 Å². The molecular weight excluding hydrogens is 324 g/mol. The quantitative estimate of drug-likeness (QED) is 0.831. The van der Waals surface area contributed by atoms with Crippen molar-refractivity contribution in [3.8, 4) is 0 Å². The molecule has 1 atom stereocenters. The van der Waals surface area contributed by atoms with E-state index in [9.17, 15) is 4.79 Å². The van der Waals surface area contributed by atoms with Gasteiger partial charge in [0.25, 0.3) is 5.91 Å². The van der Waals surface area contributed by atoms with E-state index in [1.54, 1.807) is 0 Å². The number of morpholine rings is 1. The minimum atomic E-state index is 0.00869. The first kappa shape index (κ1) is 18.6. The van der Waals surface area contributed by atoms with Crippen molar-refractivity contribution in [1.29, 1.82) is 0 Å². The highest BCUT2D eigenvalue weighted by atomic mass is 16.5. The highest BCUT2D eigenvalue weighted by Crippen LogP contribution is 2.11. The lowest BCUT2D eigenvalue weighted by Gasteiger charge is -2.26. The Morgan fingerprint density at radius 1 is 1.08 bits per heavy atom. The van der Waals surface area contributed by atoms with E-state index in [0.29, 0.717) is 0 Å². The van der Waals surface area contributed by atoms with Gasteiger partial charge < -0.3 is 10.1 Å². The normalized spacial score (nSPS) is 16.2. The zero-order valence-electron chi connectivity index (χ0n) is 15.5. The molecule has 4 heteroatoms. The van der Waals surface area contributed by atoms with Crippen LogP contribution in [0.1, 0.15) is 34.8 Å². The molecule has 1 heterocycles. The summed E-state index contributed by atoms with van der Waals surface area (Å²) in [6.07, 6.45) is 1.91. The van der Waals surface area contributed by atoms with Gasteiger partial charge in [0.2, 0.25) is 0 Å². The fourth-order valence-electron chi connectivity index (χ4n) is 3.24. The predicted molar refractivity (Wildman–Crippen MR) is 104 cm³/mol. The number of ether oxygens (including phenoxy) is 1. The first-order chi connectivity index (χ1) is 12.7. The largest absolute Gasteiger partial charge is 0.379 e. The standard InChI is InChI=1S/C22H28N2O2/c1-18(10-11-19-6-3-2-4-7-19)23-22(25)21-9-5-8-20(16-21)17-24-12-14-26-15-13-24/h2-9,16,18H,10-15,17H2,1H3,(H,23,25). The lowest BCUT2D eigenvalue weighted by atomic mass is 10.1. The number of benzene rings is 2. The number of carbonyl (C=O) groups excluding carboxylic acids is 1. The van der Waals surface area contributed by atoms with Crippen LogP contribution < -0.4 is 5.32 Å². The minimum absolute atomic E-state index is 0.00869. The summed E-state index contributed by atoms with van der Waals surface area (Å²) in [7, 11) is 0. The van der Waals surface area contributed by atoms with E-state index < -0.39 is 0 Å². The molecule has 0 radical (unpaired) electrons. The highest BCUT2D eigenvalue weighted by molar-refractivity contribution is 5.94. The molecule has 0 saturated carbocycles. The van der Waals surface area contributed by atoms with Crippen LogP contribution in [-0.2, 0) is 17.7 Å². The molecule has 2 aromatic rings. The fourth-order valence-corrected chi connectivity index (χ4v) is 3.24. The fraction of sp³-hybridized carbons (Fsp3) is 0.409. The molecule has 0 bridgehead atoms. The van der Waals surface area contributed by atoms with Crippen LogP contribution in [0.15, 0.2) is 54.6 Å². The molecule has 2 aromatic carbocycles. The summed E-state index contributed by atoms with van der Waals surface area (Å²) in [6, 6.07) is 18.5. The molecule has 0 spiro atoms. The summed E-state index contributed by atoms with van der Waals surface area (Å²) in [5.74, 6) is 0.00869. The van der Waals surface area contributed by atoms with Gasteiger partial charge in [0, 0.05) is 31.2 Å². The summed E-state index contributed by atoms with van der Waals surface area (Å²) < 4.78 is 5.39. The third-order valence-corrected chi connectivity index (χ3v) is 4.79. The van der Waals surface area contributed by atoms with E-state index in [-0.39, 0.29) is 11.9 Å². The van der Waals surface area contributed by atoms with Crippen molar-refractivity contribution in [3.05, 3.63) is 71.3 Å². The van der Waals surface area contributed by atoms with Gasteiger partial charge in [0.1, 0.15) is 0 Å². The number of carbonyl (C=O) groups is 1. The summed E-state index contributed by atoms with van der Waals surface area (Å²) >= 11 is 0. The van der Waals surface area contributed by atoms with Crippen LogP contribution >= 0.6 is 0 Å². The van der Waals surface area contributed by atoms with E-state index in [1.807, 2.05) is 24.3 Å². The Balaban J connectivity index is 1.51. The van der Waals surface area contributed by atoms with E-state index in [4.69, 9.17) is 4.74 Å². The molecule has 26 heavy (non-hydrogen) atoms. The number of nitrogens with one attached hydrogen (secondary N) is 1. The first-order valence-electron chi connectivity index (χ1n) is 9.44. The minimum Gasteiger partial charge on any atom is -0.379 e. The van der Waals surface area contributed by atoms with Gasteiger partial charge in [-0.05, 0) is 43.0 Å². The molecular formula is C22H28N2O2. The van der Waals surface area contributed by atoms with Crippen LogP contribution in [0.5, 0.6) is 0 Å². The molecule has 138 valence electrons. The van der Waals surface area contributed by atoms with Gasteiger partial charge in [-0.25, -0.2) is 0 Å². The Morgan fingerprint density at radius 3 is 2.58 bits per heavy atom. The van der Waals surface area contributed by atoms with Crippen molar-refractivity contribution in [1.82, 2.24) is 10.2 Å². The molecule has 1 N–H and O–H groups in total. The Hall–Kier alpha value is -2.17. The number of hydrogen-bond acceptors (Lipinski definition) is 3. The SMILES string of the molecule is CC(CCc1ccccc1)NC(=O)c1cccc(CN2CCOCC2)c1. The second-order valence-electron chi connectivity index (χ2n) is 6.99. The zero-order chi connectivity index (χ0) is 18.2. The van der Waals surface area contributed by atoms with Crippen molar-refractivity contribution < 1.29 is 9.53 Å². The number of rotatable bonds is 7. The lowest BCUT2D eigenvalue weighted by molar-refractivity contribution is 0.0342. The van der Waals surface area contributed by atoms with Crippen molar-refractivity contribution in [2.75, 3.05) is 26.3 Å². The summed E-state index contributed by atoms with van der Waals surface area (Å²) in [5, 5.41) is 3.12. The third kappa shape index (κ3) is 5.68. The van der Waals surface area contributed by atoms with Crippen LogP contribution in [-0.4, -0.2) is 43.2 Å². The van der Waals surface area contributed by atoms with Gasteiger partial charge in [-0.15, -0.1) is 0 Å². The Morgan fingerprint density at radius 2 is 1.81 bits per heavy atom. The van der Waals surface area contributed by atoms with Gasteiger partial charge in [-0.2, -0.15) is 0 Å². The molecule has 0 aromatic heterocycles. The smallest absolute Gasteiger partial charge is 0.251 e. The number of nitrogens with zero attached hydrogens (tertiary/aromatic N) is 1. The Bertz CT molecular complexity index is 696. The van der Waals surface area contributed by atoms with Crippen LogP contribution in [0.3, 0.4) is 0 Å². The highest BCUT2D eigenvalue weighted by Gasteiger charge is 2.13. The molecule has 1 aliphatic heterocycles. The van der Waals surface area contributed by atoms with Crippen molar-refractivity contribution in [2.24, 2.45) is 0 Å². The summed E-state index contributed by atoms with van der Waals surface area (Å²) in [6.45, 7) is 6.42. The van der Waals surface area contributed by atoms with Gasteiger partial charge >= 0.3 is 0 Å². The third-order valence-electron chi connectivity index (χ3n) is 4.79. The van der Waals surface area contributed by atoms with Crippen molar-refractivity contribution in [2.45, 2.75) is 32.4 Å². The summed E-state index contributed by atoms with van der Waals surface area (Å²) in [4.78, 5) is 14.9. The first-order valence-corrected chi connectivity index (χ1v) is 9.44. The average molecular weight is 352 g/mol. The Kier molecular flexibility index (Phi) is 6.81. The zero-order valence-corrected chi connectivity index (χ0v) is 15.5. The van der Waals surface area contributed by atoms with Crippen molar-refractivity contribution in [3.63, 3.8) is 0 Å². The van der Waals surface area contributed by atoms with Crippen molar-refractivity contribution >= 4 is 5.91 Å². The van der Waals surface area contributed by atoms with E-state index >= 15 is 0 Å². The second kappa shape index (κ2) is 9.51. The molecule has 1 saturated heterocycles. The average Bonchev–Trinajstić information content (AvgIpc) is 2.68. The molecule has 1 fully saturated rings. The molecule has 1 unspecified atom stereocenters. The lowest BCUT2D eigenvalue weighted by Crippen LogP contribution is -2.36. The van der Waals surface area contributed by atoms with E-state index in [2.05, 4.69) is 47.5 Å². The number of hydrogen-bond donors (Lipinski definition) is 1. The van der Waals surface area contributed by atoms with Crippen LogP contribution in [0.2, 0.25) is 0 Å². The second-order valence-corrected chi connectivity index (χ2v) is 6.99. The van der Waals surface area contributed by atoms with Crippen LogP contribution in [0.25, 0.3) is 0 Å². The maximum absolute atomic E-state index is 12.6. The monoisotopic (exact) mass is 352 g/mol. The molecule has 1 amide bonds. The number of amides is 1. The van der Waals surface area contributed by atoms with Gasteiger partial charge in [-0.1, -0.05) is 42.5 Å². The molecule has 4 nitrogen and oxygen atoms in total. The van der Waals surface area contributed by atoms with Gasteiger partial charge in [0.15, 0.2) is 0 Å². The maximum atomic E-state index is 12.6. The molecule has 3 rings (SSSR count). The number of aryl methyl sites for hydroxylation is 1. The predicted octanol–water partition coefficient (Wildman–Crippen LogP) is 3.27.